The molecule has 3 N–H and O–H groups in total. The largest absolute Gasteiger partial charge is 0.481 e. The molecule has 2 aliphatic heterocycles. The third-order valence-electron chi connectivity index (χ3n) is 6.11. The number of fused-ring (bicyclic) bond motifs is 1. The Morgan fingerprint density at radius 1 is 1.26 bits per heavy atom. The molecule has 0 bridgehead atoms. The zero-order valence-corrected chi connectivity index (χ0v) is 17.7. The van der Waals surface area contributed by atoms with Gasteiger partial charge in [0.15, 0.2) is 12.1 Å². The summed E-state index contributed by atoms with van der Waals surface area (Å²) in [6.45, 7) is 1.11. The average Bonchev–Trinajstić information content (AvgIpc) is 3.07. The van der Waals surface area contributed by atoms with E-state index in [4.69, 9.17) is 20.3 Å². The van der Waals surface area contributed by atoms with Crippen molar-refractivity contribution in [3.63, 3.8) is 0 Å². The van der Waals surface area contributed by atoms with Crippen molar-refractivity contribution in [1.82, 2.24) is 4.90 Å². The maximum atomic E-state index is 15.4. The molecule has 1 saturated heterocycles. The van der Waals surface area contributed by atoms with Gasteiger partial charge in [0.1, 0.15) is 6.04 Å². The van der Waals surface area contributed by atoms with E-state index in [-0.39, 0.29) is 42.7 Å². The Bertz CT molecular complexity index is 852. The lowest BCUT2D eigenvalue weighted by Crippen LogP contribution is -2.45. The van der Waals surface area contributed by atoms with Crippen LogP contribution in [0.3, 0.4) is 0 Å². The number of carbonyl (C=O) groups is 3. The topological polar surface area (TPSA) is 122 Å². The van der Waals surface area contributed by atoms with Crippen molar-refractivity contribution in [2.24, 2.45) is 11.7 Å². The highest BCUT2D eigenvalue weighted by Gasteiger charge is 2.38. The van der Waals surface area contributed by atoms with Crippen molar-refractivity contribution in [2.75, 3.05) is 32.2 Å². The van der Waals surface area contributed by atoms with Gasteiger partial charge in [-0.25, -0.2) is 4.39 Å². The molecule has 0 aliphatic carbocycles. The van der Waals surface area contributed by atoms with Gasteiger partial charge in [-0.05, 0) is 31.4 Å². The molecule has 31 heavy (non-hydrogen) atoms. The van der Waals surface area contributed by atoms with E-state index in [1.165, 1.54) is 0 Å². The molecule has 0 radical (unpaired) electrons. The number of piperidine rings is 1. The van der Waals surface area contributed by atoms with Crippen molar-refractivity contribution < 1.29 is 33.4 Å². The van der Waals surface area contributed by atoms with Gasteiger partial charge in [0.25, 0.3) is 5.91 Å². The number of nitrogens with two attached hydrogens (primary N) is 1. The van der Waals surface area contributed by atoms with Crippen molar-refractivity contribution in [3.8, 4) is 0 Å². The molecule has 9 nitrogen and oxygen atoms in total. The molecular formula is C21H28FN3O6. The summed E-state index contributed by atoms with van der Waals surface area (Å²) in [6.07, 6.45) is 0.807. The highest BCUT2D eigenvalue weighted by atomic mass is 19.1. The predicted octanol–water partition coefficient (Wildman–Crippen LogP) is 1.34. The van der Waals surface area contributed by atoms with Crippen LogP contribution >= 0.6 is 0 Å². The smallest absolute Gasteiger partial charge is 0.303 e. The molecule has 0 spiro atoms. The third kappa shape index (κ3) is 4.64. The van der Waals surface area contributed by atoms with E-state index in [1.807, 2.05) is 4.90 Å². The zero-order valence-electron chi connectivity index (χ0n) is 17.7. The number of halogens is 1. The molecular weight excluding hydrogens is 409 g/mol. The second-order valence-electron chi connectivity index (χ2n) is 7.87. The lowest BCUT2D eigenvalue weighted by atomic mass is 9.95. The number of hydrogen-bond acceptors (Lipinski definition) is 6. The standard InChI is InChI=1S/C21H28FN3O6/c1-30-21(31-2)12-7-9-24(10-8-12)15-4-3-13-14(18(15)22)11-25(20(13)29)16(19(23)28)5-6-17(26)27/h3-4,12,16,21H,5-11H2,1-2H3,(H2,23,28)(H,26,27). The number of anilines is 1. The molecule has 2 amide bonds. The molecule has 2 heterocycles. The molecule has 2 aliphatic rings. The van der Waals surface area contributed by atoms with Crippen LogP contribution in [0.15, 0.2) is 12.1 Å². The first-order valence-corrected chi connectivity index (χ1v) is 10.2. The van der Waals surface area contributed by atoms with Gasteiger partial charge in [0.05, 0.1) is 12.2 Å². The maximum Gasteiger partial charge on any atom is 0.303 e. The summed E-state index contributed by atoms with van der Waals surface area (Å²) < 4.78 is 26.1. The summed E-state index contributed by atoms with van der Waals surface area (Å²) in [5.41, 5.74) is 6.18. The van der Waals surface area contributed by atoms with Crippen LogP contribution in [0.5, 0.6) is 0 Å². The van der Waals surface area contributed by atoms with E-state index in [2.05, 4.69) is 0 Å². The molecule has 1 aromatic rings. The first kappa shape index (κ1) is 23.0. The van der Waals surface area contributed by atoms with Crippen LogP contribution < -0.4 is 10.6 Å². The monoisotopic (exact) mass is 437 g/mol. The molecule has 170 valence electrons. The van der Waals surface area contributed by atoms with Crippen LogP contribution in [0.2, 0.25) is 0 Å². The Balaban J connectivity index is 1.77. The van der Waals surface area contributed by atoms with Crippen LogP contribution in [0.4, 0.5) is 10.1 Å². The zero-order chi connectivity index (χ0) is 22.7. The number of ether oxygens (including phenoxy) is 2. The van der Waals surface area contributed by atoms with E-state index in [1.54, 1.807) is 26.4 Å². The molecule has 1 atom stereocenters. The van der Waals surface area contributed by atoms with Gasteiger partial charge in [-0.15, -0.1) is 0 Å². The minimum atomic E-state index is -1.10. The van der Waals surface area contributed by atoms with Gasteiger partial charge in [-0.2, -0.15) is 0 Å². The predicted molar refractivity (Wildman–Crippen MR) is 109 cm³/mol. The SMILES string of the molecule is COC(OC)C1CCN(c2ccc3c(c2F)CN(C(CCC(=O)O)C(N)=O)C3=O)CC1. The summed E-state index contributed by atoms with van der Waals surface area (Å²) in [5.74, 6) is -2.71. The van der Waals surface area contributed by atoms with Crippen LogP contribution in [0, 0.1) is 11.7 Å². The molecule has 3 rings (SSSR count). The van der Waals surface area contributed by atoms with Crippen molar-refractivity contribution in [1.29, 1.82) is 0 Å². The van der Waals surface area contributed by atoms with Crippen LogP contribution in [0.1, 0.15) is 41.6 Å². The van der Waals surface area contributed by atoms with Crippen molar-refractivity contribution in [3.05, 3.63) is 29.1 Å². The molecule has 1 aromatic carbocycles. The number of carboxylic acid groups (broad SMARTS) is 1. The Hall–Kier alpha value is -2.72. The fourth-order valence-electron chi connectivity index (χ4n) is 4.46. The number of carboxylic acids is 1. The molecule has 1 unspecified atom stereocenters. The number of primary amides is 1. The van der Waals surface area contributed by atoms with E-state index in [0.29, 0.717) is 18.8 Å². The third-order valence-corrected chi connectivity index (χ3v) is 6.11. The van der Waals surface area contributed by atoms with Gasteiger partial charge in [0.2, 0.25) is 5.91 Å². The molecule has 0 saturated carbocycles. The summed E-state index contributed by atoms with van der Waals surface area (Å²) in [5, 5.41) is 8.90. The number of methoxy groups -OCH3 is 2. The average molecular weight is 437 g/mol. The Morgan fingerprint density at radius 3 is 2.45 bits per heavy atom. The number of benzene rings is 1. The van der Waals surface area contributed by atoms with Crippen LogP contribution in [0.25, 0.3) is 0 Å². The number of nitrogens with zero attached hydrogens (tertiary/aromatic N) is 2. The van der Waals surface area contributed by atoms with Gasteiger partial charge < -0.3 is 30.1 Å². The second-order valence-corrected chi connectivity index (χ2v) is 7.87. The molecule has 1 fully saturated rings. The summed E-state index contributed by atoms with van der Waals surface area (Å²) in [7, 11) is 3.19. The Labute approximate surface area is 179 Å². The summed E-state index contributed by atoms with van der Waals surface area (Å²) >= 11 is 0. The van der Waals surface area contributed by atoms with Crippen LogP contribution in [-0.4, -0.2) is 67.4 Å². The Kier molecular flexibility index (Phi) is 7.11. The number of carbonyl (C=O) groups excluding carboxylic acids is 2. The minimum Gasteiger partial charge on any atom is -0.481 e. The number of rotatable bonds is 9. The Morgan fingerprint density at radius 2 is 1.90 bits per heavy atom. The number of hydrogen-bond donors (Lipinski definition) is 2. The summed E-state index contributed by atoms with van der Waals surface area (Å²) in [6, 6.07) is 2.04. The van der Waals surface area contributed by atoms with Gasteiger partial charge >= 0.3 is 5.97 Å². The van der Waals surface area contributed by atoms with Gasteiger partial charge in [-0.3, -0.25) is 14.4 Å². The highest BCUT2D eigenvalue weighted by Crippen LogP contribution is 2.35. The molecule has 10 heteroatoms. The van der Waals surface area contributed by atoms with Gasteiger partial charge in [-0.1, -0.05) is 0 Å². The lowest BCUT2D eigenvalue weighted by molar-refractivity contribution is -0.141. The summed E-state index contributed by atoms with van der Waals surface area (Å²) in [4.78, 5) is 38.6. The van der Waals surface area contributed by atoms with E-state index >= 15 is 4.39 Å². The van der Waals surface area contributed by atoms with Crippen LogP contribution in [-0.2, 0) is 25.6 Å². The maximum absolute atomic E-state index is 15.4. The fraction of sp³-hybridized carbons (Fsp3) is 0.571. The normalized spacial score (nSPS) is 17.9. The van der Waals surface area contributed by atoms with E-state index < -0.39 is 29.6 Å². The second kappa shape index (κ2) is 9.61. The van der Waals surface area contributed by atoms with E-state index in [9.17, 15) is 14.4 Å². The lowest BCUT2D eigenvalue weighted by Gasteiger charge is -2.36. The number of amides is 2. The van der Waals surface area contributed by atoms with Gasteiger partial charge in [0, 0.05) is 50.8 Å². The fourth-order valence-corrected chi connectivity index (χ4v) is 4.46. The first-order chi connectivity index (χ1) is 14.8. The van der Waals surface area contributed by atoms with Crippen molar-refractivity contribution in [2.45, 2.75) is 44.6 Å². The quantitative estimate of drug-likeness (QED) is 0.559. The number of aliphatic carboxylic acids is 1. The van der Waals surface area contributed by atoms with Crippen molar-refractivity contribution >= 4 is 23.5 Å². The van der Waals surface area contributed by atoms with E-state index in [0.717, 1.165) is 17.7 Å². The first-order valence-electron chi connectivity index (χ1n) is 10.2. The molecule has 0 aromatic heterocycles. The minimum absolute atomic E-state index is 0.118. The highest BCUT2D eigenvalue weighted by molar-refractivity contribution is 6.01.